The van der Waals surface area contributed by atoms with Crippen LogP contribution in [0.2, 0.25) is 0 Å². The fourth-order valence-electron chi connectivity index (χ4n) is 4.38. The number of hydrogen-bond donors (Lipinski definition) is 0. The highest BCUT2D eigenvalue weighted by molar-refractivity contribution is 6.18. The number of aromatic nitrogens is 2. The molecule has 1 amide bonds. The van der Waals surface area contributed by atoms with Gasteiger partial charge in [-0.2, -0.15) is 0 Å². The molecule has 6 nitrogen and oxygen atoms in total. The van der Waals surface area contributed by atoms with Gasteiger partial charge in [0.2, 0.25) is 5.96 Å². The predicted molar refractivity (Wildman–Crippen MR) is 95.9 cm³/mol. The summed E-state index contributed by atoms with van der Waals surface area (Å²) in [7, 11) is 1.81. The molecule has 1 aromatic carbocycles. The number of nitrogens with zero attached hydrogens (tertiary/aromatic N) is 5. The molecule has 1 aliphatic carbocycles. The van der Waals surface area contributed by atoms with Crippen LogP contribution < -0.4 is 4.90 Å². The van der Waals surface area contributed by atoms with Gasteiger partial charge in [0.15, 0.2) is 5.69 Å². The number of aliphatic imine (C=N–C) groups is 1. The minimum absolute atomic E-state index is 0.0557. The zero-order valence-corrected chi connectivity index (χ0v) is 14.5. The van der Waals surface area contributed by atoms with E-state index in [2.05, 4.69) is 26.6 Å². The van der Waals surface area contributed by atoms with Crippen LogP contribution in [0.3, 0.4) is 0 Å². The van der Waals surface area contributed by atoms with Crippen LogP contribution in [0.25, 0.3) is 0 Å². The molecule has 1 aromatic heterocycles. The molecule has 128 valence electrons. The molecule has 1 fully saturated rings. The first kappa shape index (κ1) is 14.7. The van der Waals surface area contributed by atoms with Crippen LogP contribution in [0.5, 0.6) is 0 Å². The highest BCUT2D eigenvalue weighted by Crippen LogP contribution is 2.41. The standard InChI is InChI=1S/C19H21N5O/c1-12-20-16-17(23(12)11-13-7-4-3-5-8-13)24-15-10-6-9-14(15)21-19(24)22(2)18(16)25/h3-5,7-8,14-15H,6,9-11H2,1-2H3. The summed E-state index contributed by atoms with van der Waals surface area (Å²) in [5.41, 5.74) is 1.76. The molecule has 5 rings (SSSR count). The largest absolute Gasteiger partial charge is 0.310 e. The zero-order chi connectivity index (χ0) is 17.1. The number of fused-ring (bicyclic) bond motifs is 5. The van der Waals surface area contributed by atoms with Crippen molar-refractivity contribution in [3.63, 3.8) is 0 Å². The van der Waals surface area contributed by atoms with Crippen LogP contribution in [0.15, 0.2) is 35.3 Å². The number of imidazole rings is 1. The van der Waals surface area contributed by atoms with E-state index in [9.17, 15) is 4.79 Å². The number of anilines is 1. The van der Waals surface area contributed by atoms with Crippen molar-refractivity contribution in [2.45, 2.75) is 44.8 Å². The van der Waals surface area contributed by atoms with Crippen molar-refractivity contribution >= 4 is 17.7 Å². The number of carbonyl (C=O) groups excluding carboxylic acids is 1. The number of rotatable bonds is 2. The van der Waals surface area contributed by atoms with E-state index in [0.717, 1.165) is 30.4 Å². The van der Waals surface area contributed by atoms with Gasteiger partial charge in [-0.25, -0.2) is 9.98 Å². The molecule has 25 heavy (non-hydrogen) atoms. The Labute approximate surface area is 146 Å². The van der Waals surface area contributed by atoms with Crippen molar-refractivity contribution in [2.75, 3.05) is 11.9 Å². The van der Waals surface area contributed by atoms with Gasteiger partial charge in [0, 0.05) is 7.05 Å². The van der Waals surface area contributed by atoms with Gasteiger partial charge in [0.25, 0.3) is 5.91 Å². The third kappa shape index (κ3) is 2.00. The summed E-state index contributed by atoms with van der Waals surface area (Å²) >= 11 is 0. The minimum atomic E-state index is -0.0557. The number of amides is 1. The number of hydrogen-bond acceptors (Lipinski definition) is 4. The minimum Gasteiger partial charge on any atom is -0.310 e. The summed E-state index contributed by atoms with van der Waals surface area (Å²) in [5.74, 6) is 2.54. The molecule has 3 heterocycles. The molecule has 1 saturated carbocycles. The Morgan fingerprint density at radius 3 is 2.80 bits per heavy atom. The highest BCUT2D eigenvalue weighted by Gasteiger charge is 2.48. The maximum absolute atomic E-state index is 12.8. The first-order valence-electron chi connectivity index (χ1n) is 8.91. The Kier molecular flexibility index (Phi) is 3.04. The van der Waals surface area contributed by atoms with Gasteiger partial charge in [0.05, 0.1) is 18.6 Å². The van der Waals surface area contributed by atoms with Crippen LogP contribution in [0, 0.1) is 6.92 Å². The van der Waals surface area contributed by atoms with Crippen molar-refractivity contribution < 1.29 is 4.79 Å². The molecule has 2 aliphatic heterocycles. The van der Waals surface area contributed by atoms with E-state index in [1.54, 1.807) is 4.90 Å². The van der Waals surface area contributed by atoms with Crippen molar-refractivity contribution in [1.82, 2.24) is 14.5 Å². The predicted octanol–water partition coefficient (Wildman–Crippen LogP) is 2.42. The highest BCUT2D eigenvalue weighted by atomic mass is 16.2. The molecule has 0 N–H and O–H groups in total. The first-order valence-corrected chi connectivity index (χ1v) is 8.91. The van der Waals surface area contributed by atoms with Crippen molar-refractivity contribution in [1.29, 1.82) is 0 Å². The van der Waals surface area contributed by atoms with Crippen molar-refractivity contribution in [3.8, 4) is 0 Å². The topological polar surface area (TPSA) is 53.7 Å². The average molecular weight is 335 g/mol. The molecular formula is C19H21N5O. The Morgan fingerprint density at radius 1 is 1.20 bits per heavy atom. The van der Waals surface area contributed by atoms with E-state index >= 15 is 0 Å². The summed E-state index contributed by atoms with van der Waals surface area (Å²) in [5, 5.41) is 0. The van der Waals surface area contributed by atoms with Crippen molar-refractivity contribution in [3.05, 3.63) is 47.4 Å². The lowest BCUT2D eigenvalue weighted by Crippen LogP contribution is -2.52. The normalized spacial score (nSPS) is 24.2. The number of benzene rings is 1. The zero-order valence-electron chi connectivity index (χ0n) is 14.5. The quantitative estimate of drug-likeness (QED) is 0.847. The molecule has 3 aliphatic rings. The molecule has 2 aromatic rings. The monoisotopic (exact) mass is 335 g/mol. The van der Waals surface area contributed by atoms with E-state index in [1.807, 2.05) is 32.2 Å². The van der Waals surface area contributed by atoms with Crippen LogP contribution in [0.1, 0.15) is 41.1 Å². The third-order valence-corrected chi connectivity index (χ3v) is 5.62. The van der Waals surface area contributed by atoms with Crippen LogP contribution in [-0.2, 0) is 6.54 Å². The maximum atomic E-state index is 12.8. The second kappa shape index (κ2) is 5.18. The Morgan fingerprint density at radius 2 is 2.00 bits per heavy atom. The maximum Gasteiger partial charge on any atom is 0.282 e. The summed E-state index contributed by atoms with van der Waals surface area (Å²) in [6, 6.07) is 11.0. The average Bonchev–Trinajstić information content (AvgIpc) is 3.28. The Balaban J connectivity index is 1.66. The lowest BCUT2D eigenvalue weighted by molar-refractivity contribution is 0.0859. The number of aryl methyl sites for hydroxylation is 1. The summed E-state index contributed by atoms with van der Waals surface area (Å²) in [6.07, 6.45) is 3.42. The van der Waals surface area contributed by atoms with E-state index < -0.39 is 0 Å². The number of guanidine groups is 1. The number of carbonyl (C=O) groups is 1. The molecule has 0 radical (unpaired) electrons. The summed E-state index contributed by atoms with van der Waals surface area (Å²) in [4.78, 5) is 26.3. The Hall–Kier alpha value is -2.63. The van der Waals surface area contributed by atoms with Crippen LogP contribution >= 0.6 is 0 Å². The first-order chi connectivity index (χ1) is 12.1. The van der Waals surface area contributed by atoms with Gasteiger partial charge >= 0.3 is 0 Å². The summed E-state index contributed by atoms with van der Waals surface area (Å²) < 4.78 is 2.17. The molecular weight excluding hydrogens is 314 g/mol. The van der Waals surface area contributed by atoms with Gasteiger partial charge in [-0.05, 0) is 31.7 Å². The van der Waals surface area contributed by atoms with Crippen LogP contribution in [-0.4, -0.2) is 45.4 Å². The molecule has 0 spiro atoms. The van der Waals surface area contributed by atoms with E-state index in [-0.39, 0.29) is 5.91 Å². The molecule has 2 unspecified atom stereocenters. The Bertz CT molecular complexity index is 885. The van der Waals surface area contributed by atoms with E-state index in [4.69, 9.17) is 4.99 Å². The lowest BCUT2D eigenvalue weighted by atomic mass is 10.1. The lowest BCUT2D eigenvalue weighted by Gasteiger charge is -2.35. The van der Waals surface area contributed by atoms with Gasteiger partial charge in [-0.3, -0.25) is 14.6 Å². The van der Waals surface area contributed by atoms with Gasteiger partial charge in [-0.1, -0.05) is 30.3 Å². The summed E-state index contributed by atoms with van der Waals surface area (Å²) in [6.45, 7) is 2.70. The van der Waals surface area contributed by atoms with Gasteiger partial charge in [0.1, 0.15) is 11.6 Å². The van der Waals surface area contributed by atoms with Crippen molar-refractivity contribution in [2.24, 2.45) is 4.99 Å². The molecule has 0 saturated heterocycles. The fraction of sp³-hybridized carbons (Fsp3) is 0.421. The van der Waals surface area contributed by atoms with E-state index in [1.165, 1.54) is 12.0 Å². The van der Waals surface area contributed by atoms with E-state index in [0.29, 0.717) is 24.3 Å². The van der Waals surface area contributed by atoms with Gasteiger partial charge in [-0.15, -0.1) is 0 Å². The fourth-order valence-corrected chi connectivity index (χ4v) is 4.38. The second-order valence-corrected chi connectivity index (χ2v) is 7.13. The third-order valence-electron chi connectivity index (χ3n) is 5.62. The van der Waals surface area contributed by atoms with Gasteiger partial charge < -0.3 is 4.57 Å². The smallest absolute Gasteiger partial charge is 0.282 e. The SMILES string of the molecule is Cc1nc2c(n1Cc1ccccc1)N1C(=NC3CCCC31)N(C)C2=O. The van der Waals surface area contributed by atoms with Crippen LogP contribution in [0.4, 0.5) is 5.82 Å². The molecule has 2 atom stereocenters. The molecule has 0 bridgehead atoms. The second-order valence-electron chi connectivity index (χ2n) is 7.13. The molecule has 6 heteroatoms.